The SMILES string of the molecule is CCOC(=O)C=CCC(CC#N)CC(O)CSc1ccccc1. The number of nitrogens with zero attached hydrogens (tertiary/aromatic N) is 1. The molecule has 124 valence electrons. The third-order valence-electron chi connectivity index (χ3n) is 3.18. The third-order valence-corrected chi connectivity index (χ3v) is 4.34. The van der Waals surface area contributed by atoms with Gasteiger partial charge in [-0.3, -0.25) is 0 Å². The summed E-state index contributed by atoms with van der Waals surface area (Å²) < 4.78 is 4.81. The summed E-state index contributed by atoms with van der Waals surface area (Å²) in [4.78, 5) is 12.4. The minimum Gasteiger partial charge on any atom is -0.463 e. The number of ether oxygens (including phenoxy) is 1. The number of benzene rings is 1. The Bertz CT molecular complexity index is 525. The fourth-order valence-electron chi connectivity index (χ4n) is 2.10. The Hall–Kier alpha value is -1.77. The van der Waals surface area contributed by atoms with Crippen LogP contribution in [0.1, 0.15) is 26.2 Å². The van der Waals surface area contributed by atoms with E-state index < -0.39 is 6.10 Å². The van der Waals surface area contributed by atoms with E-state index in [9.17, 15) is 9.90 Å². The standard InChI is InChI=1S/C18H23NO3S/c1-2-22-18(21)10-6-7-15(11-12-19)13-16(20)14-23-17-8-4-3-5-9-17/h3-6,8-10,15-16,20H,2,7,11,13-14H2,1H3. The molecule has 5 heteroatoms. The van der Waals surface area contributed by atoms with Crippen LogP contribution in [0.2, 0.25) is 0 Å². The van der Waals surface area contributed by atoms with E-state index >= 15 is 0 Å². The lowest BCUT2D eigenvalue weighted by Gasteiger charge is -2.16. The smallest absolute Gasteiger partial charge is 0.330 e. The van der Waals surface area contributed by atoms with E-state index in [4.69, 9.17) is 10.00 Å². The van der Waals surface area contributed by atoms with Gasteiger partial charge in [0.15, 0.2) is 0 Å². The molecule has 0 radical (unpaired) electrons. The van der Waals surface area contributed by atoms with Gasteiger partial charge in [0.1, 0.15) is 0 Å². The van der Waals surface area contributed by atoms with Crippen LogP contribution in [0.5, 0.6) is 0 Å². The van der Waals surface area contributed by atoms with E-state index in [0.717, 1.165) is 4.90 Å². The maximum absolute atomic E-state index is 11.2. The molecule has 1 rings (SSSR count). The number of carbonyl (C=O) groups excluding carboxylic acids is 1. The zero-order chi connectivity index (χ0) is 16.9. The Morgan fingerprint density at radius 1 is 1.43 bits per heavy atom. The van der Waals surface area contributed by atoms with Gasteiger partial charge in [0.25, 0.3) is 0 Å². The first kappa shape index (κ1) is 19.3. The van der Waals surface area contributed by atoms with Gasteiger partial charge in [-0.2, -0.15) is 5.26 Å². The van der Waals surface area contributed by atoms with Crippen LogP contribution < -0.4 is 0 Å². The summed E-state index contributed by atoms with van der Waals surface area (Å²) in [7, 11) is 0. The van der Waals surface area contributed by atoms with Crippen molar-refractivity contribution in [2.24, 2.45) is 5.92 Å². The Morgan fingerprint density at radius 2 is 2.17 bits per heavy atom. The van der Waals surface area contributed by atoms with E-state index in [1.165, 1.54) is 6.08 Å². The Balaban J connectivity index is 2.39. The fraction of sp³-hybridized carbons (Fsp3) is 0.444. The van der Waals surface area contributed by atoms with Gasteiger partial charge in [0, 0.05) is 23.1 Å². The third kappa shape index (κ3) is 9.07. The molecule has 23 heavy (non-hydrogen) atoms. The monoisotopic (exact) mass is 333 g/mol. The van der Waals surface area contributed by atoms with Crippen molar-refractivity contribution in [2.45, 2.75) is 37.2 Å². The number of rotatable bonds is 10. The normalized spacial score (nSPS) is 13.4. The number of hydrogen-bond donors (Lipinski definition) is 1. The first-order valence-corrected chi connectivity index (χ1v) is 8.70. The summed E-state index contributed by atoms with van der Waals surface area (Å²) in [6, 6.07) is 12.0. The van der Waals surface area contributed by atoms with E-state index in [-0.39, 0.29) is 11.9 Å². The highest BCUT2D eigenvalue weighted by molar-refractivity contribution is 7.99. The van der Waals surface area contributed by atoms with Gasteiger partial charge in [0.2, 0.25) is 0 Å². The van der Waals surface area contributed by atoms with Gasteiger partial charge >= 0.3 is 5.97 Å². The highest BCUT2D eigenvalue weighted by atomic mass is 32.2. The van der Waals surface area contributed by atoms with Crippen LogP contribution in [-0.4, -0.2) is 29.5 Å². The maximum atomic E-state index is 11.2. The topological polar surface area (TPSA) is 70.3 Å². The van der Waals surface area contributed by atoms with E-state index in [1.807, 2.05) is 30.3 Å². The fourth-order valence-corrected chi connectivity index (χ4v) is 2.97. The van der Waals surface area contributed by atoms with Crippen molar-refractivity contribution < 1.29 is 14.6 Å². The van der Waals surface area contributed by atoms with Crippen LogP contribution in [0.15, 0.2) is 47.4 Å². The molecule has 1 aromatic rings. The van der Waals surface area contributed by atoms with Crippen LogP contribution in [0, 0.1) is 17.2 Å². The molecule has 0 amide bonds. The van der Waals surface area contributed by atoms with Crippen molar-refractivity contribution in [1.29, 1.82) is 5.26 Å². The molecular formula is C18H23NO3S. The summed E-state index contributed by atoms with van der Waals surface area (Å²) >= 11 is 1.60. The van der Waals surface area contributed by atoms with Gasteiger partial charge in [-0.1, -0.05) is 24.3 Å². The number of allylic oxidation sites excluding steroid dienone is 1. The largest absolute Gasteiger partial charge is 0.463 e. The first-order valence-electron chi connectivity index (χ1n) is 7.71. The highest BCUT2D eigenvalue weighted by Gasteiger charge is 2.14. The average molecular weight is 333 g/mol. The summed E-state index contributed by atoms with van der Waals surface area (Å²) in [5, 5.41) is 19.1. The lowest BCUT2D eigenvalue weighted by Crippen LogP contribution is -2.16. The van der Waals surface area contributed by atoms with Crippen LogP contribution in [-0.2, 0) is 9.53 Å². The van der Waals surface area contributed by atoms with Gasteiger partial charge in [-0.15, -0.1) is 11.8 Å². The molecule has 0 aliphatic carbocycles. The van der Waals surface area contributed by atoms with Crippen molar-refractivity contribution >= 4 is 17.7 Å². The van der Waals surface area contributed by atoms with Crippen molar-refractivity contribution in [3.8, 4) is 6.07 Å². The molecule has 0 aromatic heterocycles. The number of carbonyl (C=O) groups is 1. The molecule has 0 bridgehead atoms. The van der Waals surface area contributed by atoms with Crippen molar-refractivity contribution in [2.75, 3.05) is 12.4 Å². The zero-order valence-electron chi connectivity index (χ0n) is 13.4. The Labute approximate surface area is 142 Å². The van der Waals surface area contributed by atoms with Crippen LogP contribution >= 0.6 is 11.8 Å². The zero-order valence-corrected chi connectivity index (χ0v) is 14.2. The molecule has 1 N–H and O–H groups in total. The molecule has 0 fully saturated rings. The molecule has 0 aliphatic rings. The second kappa shape index (κ2) is 11.8. The van der Waals surface area contributed by atoms with Crippen molar-refractivity contribution in [3.63, 3.8) is 0 Å². The van der Waals surface area contributed by atoms with Crippen molar-refractivity contribution in [3.05, 3.63) is 42.5 Å². The number of esters is 1. The minimum absolute atomic E-state index is 0.0389. The number of aliphatic hydroxyl groups is 1. The molecule has 2 unspecified atom stereocenters. The Kier molecular flexibility index (Phi) is 9.85. The lowest BCUT2D eigenvalue weighted by atomic mass is 9.95. The average Bonchev–Trinajstić information content (AvgIpc) is 2.54. The van der Waals surface area contributed by atoms with Gasteiger partial charge in [-0.25, -0.2) is 4.79 Å². The lowest BCUT2D eigenvalue weighted by molar-refractivity contribution is -0.137. The van der Waals surface area contributed by atoms with E-state index in [1.54, 1.807) is 24.8 Å². The molecule has 1 aromatic carbocycles. The van der Waals surface area contributed by atoms with Crippen LogP contribution in [0.3, 0.4) is 0 Å². The summed E-state index contributed by atoms with van der Waals surface area (Å²) in [5.41, 5.74) is 0. The second-order valence-electron chi connectivity index (χ2n) is 5.13. The molecule has 0 saturated carbocycles. The van der Waals surface area contributed by atoms with Crippen LogP contribution in [0.4, 0.5) is 0 Å². The van der Waals surface area contributed by atoms with E-state index in [2.05, 4.69) is 6.07 Å². The minimum atomic E-state index is -0.477. The number of hydrogen-bond acceptors (Lipinski definition) is 5. The quantitative estimate of drug-likeness (QED) is 0.403. The highest BCUT2D eigenvalue weighted by Crippen LogP contribution is 2.22. The maximum Gasteiger partial charge on any atom is 0.330 e. The van der Waals surface area contributed by atoms with Gasteiger partial charge in [-0.05, 0) is 37.8 Å². The second-order valence-corrected chi connectivity index (χ2v) is 6.23. The molecular weight excluding hydrogens is 310 g/mol. The van der Waals surface area contributed by atoms with Crippen molar-refractivity contribution in [1.82, 2.24) is 0 Å². The predicted octanol–water partition coefficient (Wildman–Crippen LogP) is 3.57. The van der Waals surface area contributed by atoms with E-state index in [0.29, 0.717) is 31.6 Å². The molecule has 2 atom stereocenters. The number of thioether (sulfide) groups is 1. The number of aliphatic hydroxyl groups excluding tert-OH is 1. The summed E-state index contributed by atoms with van der Waals surface area (Å²) in [6.45, 7) is 2.10. The molecule has 0 spiro atoms. The Morgan fingerprint density at radius 3 is 2.83 bits per heavy atom. The van der Waals surface area contributed by atoms with Gasteiger partial charge in [0.05, 0.1) is 18.8 Å². The summed E-state index contributed by atoms with van der Waals surface area (Å²) in [6.07, 6.45) is 4.12. The van der Waals surface area contributed by atoms with Crippen LogP contribution in [0.25, 0.3) is 0 Å². The van der Waals surface area contributed by atoms with Gasteiger partial charge < -0.3 is 9.84 Å². The first-order chi connectivity index (χ1) is 11.2. The molecule has 0 saturated heterocycles. The predicted molar refractivity (Wildman–Crippen MR) is 91.9 cm³/mol. The molecule has 4 nitrogen and oxygen atoms in total. The molecule has 0 heterocycles. The number of nitriles is 1. The molecule has 0 aliphatic heterocycles. The summed E-state index contributed by atoms with van der Waals surface area (Å²) in [5.74, 6) is 0.258.